The highest BCUT2D eigenvalue weighted by Gasteiger charge is 2.10. The van der Waals surface area contributed by atoms with Crippen molar-refractivity contribution in [2.75, 3.05) is 5.75 Å². The lowest BCUT2D eigenvalue weighted by Gasteiger charge is -2.13. The molecule has 1 nitrogen and oxygen atoms in total. The quantitative estimate of drug-likeness (QED) is 0.787. The molecular formula is C13H19FOS. The molecule has 0 aliphatic rings. The largest absolute Gasteiger partial charge is 0.389 e. The Kier molecular flexibility index (Phi) is 5.29. The van der Waals surface area contributed by atoms with Crippen LogP contribution in [-0.4, -0.2) is 10.9 Å². The molecule has 0 saturated carbocycles. The Morgan fingerprint density at radius 2 is 2.06 bits per heavy atom. The Bertz CT molecular complexity index is 339. The fourth-order valence-corrected chi connectivity index (χ4v) is 2.59. The Balaban J connectivity index is 2.78. The standard InChI is InChI=1S/C13H19FOS/c1-4-9(2)8-16-13-6-5-11(14)7-12(13)10(3)15/h5-7,9-10,15H,4,8H2,1-3H3. The zero-order valence-corrected chi connectivity index (χ0v) is 10.9. The molecule has 2 unspecified atom stereocenters. The fraction of sp³-hybridized carbons (Fsp3) is 0.538. The minimum absolute atomic E-state index is 0.288. The highest BCUT2D eigenvalue weighted by atomic mass is 32.2. The summed E-state index contributed by atoms with van der Waals surface area (Å²) in [6, 6.07) is 4.62. The molecule has 0 aliphatic carbocycles. The van der Waals surface area contributed by atoms with E-state index < -0.39 is 6.10 Å². The zero-order valence-electron chi connectivity index (χ0n) is 10.0. The van der Waals surface area contributed by atoms with Gasteiger partial charge in [0.05, 0.1) is 6.10 Å². The maximum atomic E-state index is 13.1. The number of benzene rings is 1. The topological polar surface area (TPSA) is 20.2 Å². The van der Waals surface area contributed by atoms with Crippen LogP contribution in [0.1, 0.15) is 38.9 Å². The predicted molar refractivity (Wildman–Crippen MR) is 67.2 cm³/mol. The second-order valence-electron chi connectivity index (χ2n) is 4.18. The van der Waals surface area contributed by atoms with Crippen molar-refractivity contribution in [3.8, 4) is 0 Å². The van der Waals surface area contributed by atoms with Gasteiger partial charge < -0.3 is 5.11 Å². The van der Waals surface area contributed by atoms with Gasteiger partial charge in [0.1, 0.15) is 5.82 Å². The molecule has 0 fully saturated rings. The van der Waals surface area contributed by atoms with Crippen LogP contribution in [0, 0.1) is 11.7 Å². The molecule has 0 radical (unpaired) electrons. The van der Waals surface area contributed by atoms with Gasteiger partial charge in [0.15, 0.2) is 0 Å². The molecule has 0 bridgehead atoms. The third-order valence-electron chi connectivity index (χ3n) is 2.64. The molecule has 3 heteroatoms. The van der Waals surface area contributed by atoms with E-state index in [1.54, 1.807) is 24.8 Å². The Labute approximate surface area is 101 Å². The van der Waals surface area contributed by atoms with Crippen molar-refractivity contribution in [1.29, 1.82) is 0 Å². The molecule has 2 atom stereocenters. The molecule has 16 heavy (non-hydrogen) atoms. The molecular weight excluding hydrogens is 223 g/mol. The molecule has 0 aliphatic heterocycles. The number of hydrogen-bond acceptors (Lipinski definition) is 2. The van der Waals surface area contributed by atoms with Gasteiger partial charge in [-0.1, -0.05) is 20.3 Å². The summed E-state index contributed by atoms with van der Waals surface area (Å²) < 4.78 is 13.1. The van der Waals surface area contributed by atoms with E-state index >= 15 is 0 Å². The van der Waals surface area contributed by atoms with Crippen LogP contribution >= 0.6 is 11.8 Å². The van der Waals surface area contributed by atoms with E-state index in [2.05, 4.69) is 13.8 Å². The number of aliphatic hydroxyl groups is 1. The lowest BCUT2D eigenvalue weighted by molar-refractivity contribution is 0.196. The van der Waals surface area contributed by atoms with Gasteiger partial charge in [-0.05, 0) is 36.6 Å². The smallest absolute Gasteiger partial charge is 0.123 e. The van der Waals surface area contributed by atoms with E-state index in [9.17, 15) is 9.50 Å². The first-order valence-corrected chi connectivity index (χ1v) is 6.63. The van der Waals surface area contributed by atoms with Gasteiger partial charge in [0, 0.05) is 10.6 Å². The fourth-order valence-electron chi connectivity index (χ4n) is 1.33. The van der Waals surface area contributed by atoms with E-state index in [1.807, 2.05) is 0 Å². The summed E-state index contributed by atoms with van der Waals surface area (Å²) in [5, 5.41) is 9.57. The predicted octanol–water partition coefficient (Wildman–Crippen LogP) is 4.02. The third kappa shape index (κ3) is 3.80. The molecule has 1 N–H and O–H groups in total. The summed E-state index contributed by atoms with van der Waals surface area (Å²) in [6.45, 7) is 6.02. The van der Waals surface area contributed by atoms with Gasteiger partial charge in [0.2, 0.25) is 0 Å². The second kappa shape index (κ2) is 6.26. The van der Waals surface area contributed by atoms with Gasteiger partial charge in [-0.2, -0.15) is 0 Å². The Morgan fingerprint density at radius 1 is 1.38 bits per heavy atom. The average Bonchev–Trinajstić information content (AvgIpc) is 2.26. The van der Waals surface area contributed by atoms with E-state index in [0.717, 1.165) is 17.1 Å². The summed E-state index contributed by atoms with van der Waals surface area (Å²) in [7, 11) is 0. The van der Waals surface area contributed by atoms with Crippen molar-refractivity contribution >= 4 is 11.8 Å². The first-order valence-electron chi connectivity index (χ1n) is 5.64. The van der Waals surface area contributed by atoms with Crippen molar-refractivity contribution in [3.63, 3.8) is 0 Å². The van der Waals surface area contributed by atoms with Crippen LogP contribution in [0.15, 0.2) is 23.1 Å². The molecule has 1 aromatic carbocycles. The number of thioether (sulfide) groups is 1. The van der Waals surface area contributed by atoms with Crippen LogP contribution < -0.4 is 0 Å². The lowest BCUT2D eigenvalue weighted by atomic mass is 10.1. The maximum Gasteiger partial charge on any atom is 0.123 e. The van der Waals surface area contributed by atoms with Crippen molar-refractivity contribution in [2.45, 2.75) is 38.2 Å². The molecule has 90 valence electrons. The summed E-state index contributed by atoms with van der Waals surface area (Å²) in [6.07, 6.45) is 0.521. The SMILES string of the molecule is CCC(C)CSc1ccc(F)cc1C(C)O. The second-order valence-corrected chi connectivity index (χ2v) is 5.24. The summed E-state index contributed by atoms with van der Waals surface area (Å²) in [4.78, 5) is 0.983. The minimum atomic E-state index is -0.616. The van der Waals surface area contributed by atoms with Gasteiger partial charge in [-0.3, -0.25) is 0 Å². The molecule has 0 spiro atoms. The van der Waals surface area contributed by atoms with Crippen LogP contribution in [0.3, 0.4) is 0 Å². The van der Waals surface area contributed by atoms with E-state index in [4.69, 9.17) is 0 Å². The number of aliphatic hydroxyl groups excluding tert-OH is 1. The third-order valence-corrected chi connectivity index (χ3v) is 4.06. The molecule has 0 amide bonds. The average molecular weight is 242 g/mol. The number of hydrogen-bond donors (Lipinski definition) is 1. The summed E-state index contributed by atoms with van der Waals surface area (Å²) in [5.74, 6) is 1.35. The van der Waals surface area contributed by atoms with E-state index in [0.29, 0.717) is 11.5 Å². The van der Waals surface area contributed by atoms with Crippen molar-refractivity contribution in [2.24, 2.45) is 5.92 Å². The highest BCUT2D eigenvalue weighted by Crippen LogP contribution is 2.30. The van der Waals surface area contributed by atoms with Crippen molar-refractivity contribution in [1.82, 2.24) is 0 Å². The van der Waals surface area contributed by atoms with Crippen LogP contribution in [-0.2, 0) is 0 Å². The highest BCUT2D eigenvalue weighted by molar-refractivity contribution is 7.99. The van der Waals surface area contributed by atoms with Gasteiger partial charge in [0.25, 0.3) is 0 Å². The van der Waals surface area contributed by atoms with Gasteiger partial charge in [-0.25, -0.2) is 4.39 Å². The van der Waals surface area contributed by atoms with Crippen LogP contribution in [0.2, 0.25) is 0 Å². The molecule has 0 heterocycles. The number of rotatable bonds is 5. The maximum absolute atomic E-state index is 13.1. The Morgan fingerprint density at radius 3 is 2.62 bits per heavy atom. The molecule has 0 aromatic heterocycles. The molecule has 1 aromatic rings. The van der Waals surface area contributed by atoms with E-state index in [-0.39, 0.29) is 5.82 Å². The van der Waals surface area contributed by atoms with Gasteiger partial charge >= 0.3 is 0 Å². The first-order chi connectivity index (χ1) is 7.54. The van der Waals surface area contributed by atoms with Crippen LogP contribution in [0.4, 0.5) is 4.39 Å². The normalized spacial score (nSPS) is 14.8. The first kappa shape index (κ1) is 13.5. The van der Waals surface area contributed by atoms with Crippen LogP contribution in [0.5, 0.6) is 0 Å². The van der Waals surface area contributed by atoms with Crippen LogP contribution in [0.25, 0.3) is 0 Å². The van der Waals surface area contributed by atoms with E-state index in [1.165, 1.54) is 12.1 Å². The zero-order chi connectivity index (χ0) is 12.1. The monoisotopic (exact) mass is 242 g/mol. The minimum Gasteiger partial charge on any atom is -0.389 e. The lowest BCUT2D eigenvalue weighted by Crippen LogP contribution is -1.99. The van der Waals surface area contributed by atoms with Crippen molar-refractivity contribution in [3.05, 3.63) is 29.6 Å². The summed E-state index contributed by atoms with van der Waals surface area (Å²) in [5.41, 5.74) is 0.688. The Hall–Kier alpha value is -0.540. The van der Waals surface area contributed by atoms with Gasteiger partial charge in [-0.15, -0.1) is 11.8 Å². The number of halogens is 1. The molecule has 1 rings (SSSR count). The molecule has 0 saturated heterocycles. The summed E-state index contributed by atoms with van der Waals surface area (Å²) >= 11 is 1.69. The van der Waals surface area contributed by atoms with Crippen molar-refractivity contribution < 1.29 is 9.50 Å².